The molecule has 0 aromatic heterocycles. The van der Waals surface area contributed by atoms with Crippen LogP contribution in [0.4, 0.5) is 0 Å². The van der Waals surface area contributed by atoms with Gasteiger partial charge in [0.2, 0.25) is 0 Å². The molecule has 0 atom stereocenters. The van der Waals surface area contributed by atoms with Crippen molar-refractivity contribution in [2.24, 2.45) is 0 Å². The summed E-state index contributed by atoms with van der Waals surface area (Å²) in [5.74, 6) is -0.111. The van der Waals surface area contributed by atoms with Gasteiger partial charge in [-0.3, -0.25) is 4.79 Å². The second-order valence-electron chi connectivity index (χ2n) is 3.67. The molecule has 0 saturated heterocycles. The molecule has 18 heavy (non-hydrogen) atoms. The lowest BCUT2D eigenvalue weighted by atomic mass is 10.1. The van der Waals surface area contributed by atoms with Crippen molar-refractivity contribution >= 4 is 6.29 Å². The first-order valence-electron chi connectivity index (χ1n) is 5.26. The molecule has 0 unspecified atom stereocenters. The van der Waals surface area contributed by atoms with E-state index in [0.717, 1.165) is 5.56 Å². The Morgan fingerprint density at radius 3 is 1.83 bits per heavy atom. The molecule has 0 saturated carbocycles. The third-order valence-electron chi connectivity index (χ3n) is 2.19. The summed E-state index contributed by atoms with van der Waals surface area (Å²) in [6.07, 6.45) is 0.641. The molecule has 0 bridgehead atoms. The lowest BCUT2D eigenvalue weighted by Gasteiger charge is -1.96. The summed E-state index contributed by atoms with van der Waals surface area (Å²) in [6.45, 7) is 1.87. The van der Waals surface area contributed by atoms with Crippen LogP contribution in [0.5, 0.6) is 17.2 Å². The van der Waals surface area contributed by atoms with Crippen molar-refractivity contribution < 1.29 is 20.1 Å². The van der Waals surface area contributed by atoms with E-state index in [-0.39, 0.29) is 17.2 Å². The number of benzene rings is 2. The Labute approximate surface area is 105 Å². The van der Waals surface area contributed by atoms with Gasteiger partial charge in [0.25, 0.3) is 0 Å². The van der Waals surface area contributed by atoms with Gasteiger partial charge in [0, 0.05) is 0 Å². The van der Waals surface area contributed by atoms with E-state index >= 15 is 0 Å². The van der Waals surface area contributed by atoms with Gasteiger partial charge in [-0.15, -0.1) is 0 Å². The standard InChI is InChI=1S/C8H8O2.C6H6O2/c1-6-2-3-8(10)7(4-6)5-9;7-5-3-1-2-4-6(5)8/h2-5,10H,1H3;1-4,7-8H. The van der Waals surface area contributed by atoms with Gasteiger partial charge in [0.15, 0.2) is 17.8 Å². The zero-order chi connectivity index (χ0) is 13.5. The number of carbonyl (C=O) groups excluding carboxylic acids is 1. The summed E-state index contributed by atoms with van der Waals surface area (Å²) in [6, 6.07) is 11.1. The fraction of sp³-hybridized carbons (Fsp3) is 0.0714. The largest absolute Gasteiger partial charge is 0.507 e. The van der Waals surface area contributed by atoms with E-state index in [1.54, 1.807) is 24.3 Å². The third-order valence-corrected chi connectivity index (χ3v) is 2.19. The van der Waals surface area contributed by atoms with Gasteiger partial charge < -0.3 is 15.3 Å². The first-order chi connectivity index (χ1) is 8.54. The Morgan fingerprint density at radius 1 is 0.889 bits per heavy atom. The third kappa shape index (κ3) is 3.83. The molecular weight excluding hydrogens is 232 g/mol. The molecule has 0 heterocycles. The van der Waals surface area contributed by atoms with Crippen LogP contribution in [0.25, 0.3) is 0 Å². The Bertz CT molecular complexity index is 514. The molecule has 0 aliphatic rings. The lowest BCUT2D eigenvalue weighted by molar-refractivity contribution is 0.112. The Morgan fingerprint density at radius 2 is 1.44 bits per heavy atom. The van der Waals surface area contributed by atoms with Gasteiger partial charge in [-0.2, -0.15) is 0 Å². The molecule has 4 heteroatoms. The monoisotopic (exact) mass is 246 g/mol. The molecule has 2 aromatic carbocycles. The van der Waals surface area contributed by atoms with E-state index in [9.17, 15) is 4.79 Å². The number of hydrogen-bond donors (Lipinski definition) is 3. The van der Waals surface area contributed by atoms with Crippen LogP contribution in [0.3, 0.4) is 0 Å². The maximum absolute atomic E-state index is 10.2. The number of aldehydes is 1. The summed E-state index contributed by atoms with van der Waals surface area (Å²) < 4.78 is 0. The van der Waals surface area contributed by atoms with Crippen molar-refractivity contribution in [3.8, 4) is 17.2 Å². The molecule has 0 radical (unpaired) electrons. The molecule has 0 fully saturated rings. The minimum atomic E-state index is -0.0764. The fourth-order valence-electron chi connectivity index (χ4n) is 1.23. The lowest BCUT2D eigenvalue weighted by Crippen LogP contribution is -1.81. The van der Waals surface area contributed by atoms with Gasteiger partial charge in [0.1, 0.15) is 5.75 Å². The van der Waals surface area contributed by atoms with E-state index in [0.29, 0.717) is 11.8 Å². The van der Waals surface area contributed by atoms with Crippen molar-refractivity contribution in [2.45, 2.75) is 6.92 Å². The van der Waals surface area contributed by atoms with Gasteiger partial charge in [-0.25, -0.2) is 0 Å². The number of aryl methyl sites for hydroxylation is 1. The van der Waals surface area contributed by atoms with E-state index in [1.165, 1.54) is 18.2 Å². The molecule has 4 nitrogen and oxygen atoms in total. The number of para-hydroxylation sites is 2. The average Bonchev–Trinajstić information content (AvgIpc) is 2.37. The topological polar surface area (TPSA) is 77.8 Å². The predicted molar refractivity (Wildman–Crippen MR) is 68.0 cm³/mol. The summed E-state index contributed by atoms with van der Waals surface area (Å²) in [7, 11) is 0. The van der Waals surface area contributed by atoms with Crippen LogP contribution in [0.1, 0.15) is 15.9 Å². The molecule has 2 rings (SSSR count). The summed E-state index contributed by atoms with van der Waals surface area (Å²) in [5, 5.41) is 26.3. The molecule has 2 aromatic rings. The predicted octanol–water partition coefficient (Wildman–Crippen LogP) is 2.61. The molecule has 0 spiro atoms. The highest BCUT2D eigenvalue weighted by atomic mass is 16.3. The molecule has 94 valence electrons. The van der Waals surface area contributed by atoms with Crippen molar-refractivity contribution in [1.82, 2.24) is 0 Å². The van der Waals surface area contributed by atoms with Crippen molar-refractivity contribution in [3.05, 3.63) is 53.6 Å². The second-order valence-corrected chi connectivity index (χ2v) is 3.67. The first kappa shape index (κ1) is 13.6. The second kappa shape index (κ2) is 6.30. The number of rotatable bonds is 1. The molecule has 3 N–H and O–H groups in total. The highest BCUT2D eigenvalue weighted by molar-refractivity contribution is 5.79. The Balaban J connectivity index is 0.000000184. The smallest absolute Gasteiger partial charge is 0.157 e. The van der Waals surface area contributed by atoms with Crippen molar-refractivity contribution in [1.29, 1.82) is 0 Å². The minimum absolute atomic E-state index is 0.0422. The SMILES string of the molecule is Cc1ccc(O)c(C=O)c1.Oc1ccccc1O. The average molecular weight is 246 g/mol. The van der Waals surface area contributed by atoms with Crippen LogP contribution >= 0.6 is 0 Å². The Kier molecular flexibility index (Phi) is 4.75. The van der Waals surface area contributed by atoms with Crippen LogP contribution < -0.4 is 0 Å². The number of hydrogen-bond acceptors (Lipinski definition) is 4. The summed E-state index contributed by atoms with van der Waals surface area (Å²) in [4.78, 5) is 10.2. The van der Waals surface area contributed by atoms with E-state index in [4.69, 9.17) is 15.3 Å². The molecule has 0 aliphatic heterocycles. The first-order valence-corrected chi connectivity index (χ1v) is 5.26. The van der Waals surface area contributed by atoms with Gasteiger partial charge in [0.05, 0.1) is 5.56 Å². The Hall–Kier alpha value is -2.49. The van der Waals surface area contributed by atoms with Gasteiger partial charge in [-0.05, 0) is 31.2 Å². The summed E-state index contributed by atoms with van der Waals surface area (Å²) >= 11 is 0. The van der Waals surface area contributed by atoms with Crippen molar-refractivity contribution in [2.75, 3.05) is 0 Å². The van der Waals surface area contributed by atoms with E-state index < -0.39 is 0 Å². The van der Waals surface area contributed by atoms with Crippen LogP contribution in [0, 0.1) is 6.92 Å². The zero-order valence-corrected chi connectivity index (χ0v) is 9.87. The highest BCUT2D eigenvalue weighted by Gasteiger charge is 1.96. The van der Waals surface area contributed by atoms with Crippen LogP contribution in [0.15, 0.2) is 42.5 Å². The number of aromatic hydroxyl groups is 3. The zero-order valence-electron chi connectivity index (χ0n) is 9.87. The quantitative estimate of drug-likeness (QED) is 0.534. The van der Waals surface area contributed by atoms with Crippen LogP contribution in [0.2, 0.25) is 0 Å². The maximum Gasteiger partial charge on any atom is 0.157 e. The van der Waals surface area contributed by atoms with E-state index in [2.05, 4.69) is 0 Å². The minimum Gasteiger partial charge on any atom is -0.507 e. The summed E-state index contributed by atoms with van der Waals surface area (Å²) in [5.41, 5.74) is 1.32. The van der Waals surface area contributed by atoms with Crippen molar-refractivity contribution in [3.63, 3.8) is 0 Å². The molecular formula is C14H14O4. The van der Waals surface area contributed by atoms with Crippen LogP contribution in [-0.2, 0) is 0 Å². The van der Waals surface area contributed by atoms with Gasteiger partial charge in [-0.1, -0.05) is 23.8 Å². The molecule has 0 amide bonds. The normalized spacial score (nSPS) is 9.17. The van der Waals surface area contributed by atoms with Crippen LogP contribution in [-0.4, -0.2) is 21.6 Å². The fourth-order valence-corrected chi connectivity index (χ4v) is 1.23. The van der Waals surface area contributed by atoms with Gasteiger partial charge >= 0.3 is 0 Å². The van der Waals surface area contributed by atoms with E-state index in [1.807, 2.05) is 6.92 Å². The number of carbonyl (C=O) groups is 1. The number of phenols is 3. The maximum atomic E-state index is 10.2. The highest BCUT2D eigenvalue weighted by Crippen LogP contribution is 2.21. The molecule has 0 aliphatic carbocycles. The number of phenolic OH excluding ortho intramolecular Hbond substituents is 3.